The van der Waals surface area contributed by atoms with Gasteiger partial charge in [0, 0.05) is 99.5 Å². The summed E-state index contributed by atoms with van der Waals surface area (Å²) in [6, 6.07) is 177. The monoisotopic (exact) mass is 1820 g/mol. The molecule has 0 aliphatic rings. The topological polar surface area (TPSA) is 118 Å². The lowest BCUT2D eigenvalue weighted by Crippen LogP contribution is -2.01. The van der Waals surface area contributed by atoms with Crippen molar-refractivity contribution in [2.75, 3.05) is 0 Å². The molecular formula is C132H83N11. The average Bonchev–Trinajstić information content (AvgIpc) is 1.57. The Morgan fingerprint density at radius 3 is 0.629 bits per heavy atom. The van der Waals surface area contributed by atoms with Gasteiger partial charge in [0.25, 0.3) is 0 Å². The van der Waals surface area contributed by atoms with Crippen LogP contribution in [-0.4, -0.2) is 53.6 Å². The SMILES string of the molecule is c1cc(-c2nc(-c3ccc4ccccc4c3)nc(-c3ccc4ccccc4c3)n2)cc(-n2c3ccc4ccccc4c3c3c4ccccc4ccc32)c1.c1ccc(-c2cc(-c3ccccc3)nc(-c3ccc(-n4c5ccc6ccccc6c5c5c6ccccc6ccc54)cc3)n2)cc1.c1ccc(-c2nc(-c3ccccc3)nc(-c3cccc(-n4c5ccc6ccccc6c5c5c6ccccc6ccc54)c3)n2)cc1. The van der Waals surface area contributed by atoms with Gasteiger partial charge in [-0.2, -0.15) is 0 Å². The van der Waals surface area contributed by atoms with Gasteiger partial charge in [0.15, 0.2) is 40.8 Å². The lowest BCUT2D eigenvalue weighted by atomic mass is 10.00. The molecule has 0 spiro atoms. The maximum atomic E-state index is 5.17. The zero-order valence-corrected chi connectivity index (χ0v) is 77.3. The Morgan fingerprint density at radius 1 is 0.119 bits per heavy atom. The highest BCUT2D eigenvalue weighted by Crippen LogP contribution is 2.47. The molecule has 29 aromatic rings. The van der Waals surface area contributed by atoms with Crippen LogP contribution in [0.15, 0.2) is 504 Å². The molecule has 0 radical (unpaired) electrons. The van der Waals surface area contributed by atoms with Crippen molar-refractivity contribution in [3.05, 3.63) is 504 Å². The third-order valence-corrected chi connectivity index (χ3v) is 28.0. The first-order valence-electron chi connectivity index (χ1n) is 48.3. The first kappa shape index (κ1) is 83.0. The second-order valence-corrected chi connectivity index (χ2v) is 36.4. The molecule has 11 nitrogen and oxygen atoms in total. The summed E-state index contributed by atoms with van der Waals surface area (Å²) < 4.78 is 7.16. The Kier molecular flexibility index (Phi) is 20.3. The Balaban J connectivity index is 0.000000108. The molecule has 0 fully saturated rings. The van der Waals surface area contributed by atoms with Crippen molar-refractivity contribution in [3.8, 4) is 119 Å². The van der Waals surface area contributed by atoms with Gasteiger partial charge >= 0.3 is 0 Å². The fourth-order valence-corrected chi connectivity index (χ4v) is 21.3. The minimum absolute atomic E-state index is 0.629. The highest BCUT2D eigenvalue weighted by Gasteiger charge is 2.25. The molecule has 143 heavy (non-hydrogen) atoms. The van der Waals surface area contributed by atoms with Crippen LogP contribution in [0.1, 0.15) is 0 Å². The van der Waals surface area contributed by atoms with Crippen molar-refractivity contribution in [1.29, 1.82) is 0 Å². The average molecular weight is 1820 g/mol. The van der Waals surface area contributed by atoms with Gasteiger partial charge in [-0.3, -0.25) is 0 Å². The van der Waals surface area contributed by atoms with Crippen LogP contribution in [0.5, 0.6) is 0 Å². The van der Waals surface area contributed by atoms with Crippen LogP contribution in [-0.2, 0) is 0 Å². The van der Waals surface area contributed by atoms with E-state index in [1.165, 1.54) is 130 Å². The number of hydrogen-bond donors (Lipinski definition) is 0. The molecule has 0 atom stereocenters. The summed E-state index contributed by atoms with van der Waals surface area (Å²) in [5.74, 6) is 4.57. The Morgan fingerprint density at radius 2 is 0.329 bits per heavy atom. The number of aromatic nitrogens is 11. The second-order valence-electron chi connectivity index (χ2n) is 36.4. The molecule has 0 unspecified atom stereocenters. The van der Waals surface area contributed by atoms with Crippen LogP contribution in [0.2, 0.25) is 0 Å². The van der Waals surface area contributed by atoms with E-state index in [1.54, 1.807) is 0 Å². The molecule has 0 amide bonds. The fraction of sp³-hybridized carbons (Fsp3) is 0. The van der Waals surface area contributed by atoms with Crippen molar-refractivity contribution in [2.24, 2.45) is 0 Å². The molecule has 0 aliphatic heterocycles. The van der Waals surface area contributed by atoms with Gasteiger partial charge in [0.2, 0.25) is 0 Å². The predicted molar refractivity (Wildman–Crippen MR) is 594 cm³/mol. The van der Waals surface area contributed by atoms with Gasteiger partial charge in [-0.1, -0.05) is 400 Å². The van der Waals surface area contributed by atoms with Crippen LogP contribution in [0.25, 0.3) is 271 Å². The Hall–Kier alpha value is -19.4. The fourth-order valence-electron chi connectivity index (χ4n) is 21.3. The molecule has 666 valence electrons. The number of benzene rings is 23. The van der Waals surface area contributed by atoms with E-state index in [0.29, 0.717) is 40.8 Å². The number of fused-ring (bicyclic) bond motifs is 23. The van der Waals surface area contributed by atoms with E-state index in [4.69, 9.17) is 39.9 Å². The lowest BCUT2D eigenvalue weighted by Gasteiger charge is -2.12. The third-order valence-electron chi connectivity index (χ3n) is 28.0. The zero-order valence-electron chi connectivity index (χ0n) is 77.3. The van der Waals surface area contributed by atoms with Crippen molar-refractivity contribution in [1.82, 2.24) is 53.6 Å². The van der Waals surface area contributed by atoms with Gasteiger partial charge in [0.05, 0.1) is 44.5 Å². The predicted octanol–water partition coefficient (Wildman–Crippen LogP) is 33.7. The van der Waals surface area contributed by atoms with E-state index in [9.17, 15) is 0 Å². The van der Waals surface area contributed by atoms with Crippen LogP contribution >= 0.6 is 0 Å². The number of hydrogen-bond acceptors (Lipinski definition) is 8. The molecule has 23 aromatic carbocycles. The van der Waals surface area contributed by atoms with E-state index in [0.717, 1.165) is 100 Å². The lowest BCUT2D eigenvalue weighted by molar-refractivity contribution is 1.07. The molecule has 0 N–H and O–H groups in total. The van der Waals surface area contributed by atoms with Crippen LogP contribution in [0.4, 0.5) is 0 Å². The summed E-state index contributed by atoms with van der Waals surface area (Å²) in [6.07, 6.45) is 0. The molecule has 0 aliphatic carbocycles. The van der Waals surface area contributed by atoms with Crippen molar-refractivity contribution >= 4 is 152 Å². The van der Waals surface area contributed by atoms with Crippen molar-refractivity contribution in [3.63, 3.8) is 0 Å². The van der Waals surface area contributed by atoms with Gasteiger partial charge in [-0.25, -0.2) is 39.9 Å². The van der Waals surface area contributed by atoms with Crippen LogP contribution in [0.3, 0.4) is 0 Å². The molecule has 29 rings (SSSR count). The third kappa shape index (κ3) is 14.9. The van der Waals surface area contributed by atoms with Crippen LogP contribution in [0, 0.1) is 0 Å². The quantitative estimate of drug-likeness (QED) is 0.119. The van der Waals surface area contributed by atoms with Crippen molar-refractivity contribution in [2.45, 2.75) is 0 Å². The Labute approximate surface area is 822 Å². The van der Waals surface area contributed by atoms with Gasteiger partial charge < -0.3 is 13.7 Å². The number of rotatable bonds is 12. The van der Waals surface area contributed by atoms with E-state index in [1.807, 2.05) is 97.1 Å². The highest BCUT2D eigenvalue weighted by atomic mass is 15.1. The highest BCUT2D eigenvalue weighted by molar-refractivity contribution is 6.31. The number of nitrogens with zero attached hydrogens (tertiary/aromatic N) is 11. The minimum Gasteiger partial charge on any atom is -0.309 e. The maximum Gasteiger partial charge on any atom is 0.164 e. The largest absolute Gasteiger partial charge is 0.309 e. The van der Waals surface area contributed by atoms with Gasteiger partial charge in [-0.15, -0.1) is 0 Å². The minimum atomic E-state index is 0.629. The smallest absolute Gasteiger partial charge is 0.164 e. The van der Waals surface area contributed by atoms with E-state index in [2.05, 4.69) is 420 Å². The van der Waals surface area contributed by atoms with Gasteiger partial charge in [-0.05, 0) is 189 Å². The molecular weight excluding hydrogens is 1740 g/mol. The molecule has 11 heteroatoms. The summed E-state index contributed by atoms with van der Waals surface area (Å²) in [7, 11) is 0. The maximum absolute atomic E-state index is 5.17. The summed E-state index contributed by atoms with van der Waals surface area (Å²) in [6.45, 7) is 0. The van der Waals surface area contributed by atoms with Gasteiger partial charge in [0.1, 0.15) is 0 Å². The summed E-state index contributed by atoms with van der Waals surface area (Å²) in [4.78, 5) is 40.4. The summed E-state index contributed by atoms with van der Waals surface area (Å²) in [5, 5.41) is 27.3. The zero-order chi connectivity index (χ0) is 94.4. The standard InChI is InChI=1S/C49H30N4.C42H27N3.C41H26N4/c1-3-14-35-28-38(22-20-31(35)10-1)48-50-47(51-49(52-48)39-23-21-32-11-2-4-15-36(32)29-39)37-16-9-17-40(30-37)53-43-26-24-33-12-5-7-18-41(33)45(43)46-42-19-8-6-13-34(42)25-27-44(46)53;1-3-13-30(14-4-1)36-27-37(31-15-5-2-6-16-31)44-42(43-36)32-19-23-33(24-20-32)45-38-25-21-28-11-7-9-17-34(28)40(38)41-35-18-10-8-12-29(35)22-26-39(41)45;1-3-14-29(15-4-1)39-42-40(30-16-5-2-6-17-30)44-41(43-39)31-18-11-19-32(26-31)45-35-24-22-27-12-7-9-20-33(27)37(35)38-34-21-10-8-13-28(34)23-25-36(38)45/h1-30H;1-27H;1-26H. The first-order valence-corrected chi connectivity index (χ1v) is 48.3. The summed E-state index contributed by atoms with van der Waals surface area (Å²) in [5.41, 5.74) is 20.9. The normalized spacial score (nSPS) is 11.6. The van der Waals surface area contributed by atoms with E-state index < -0.39 is 0 Å². The Bertz CT molecular complexity index is 9630. The first-order chi connectivity index (χ1) is 70.9. The molecule has 0 bridgehead atoms. The van der Waals surface area contributed by atoms with E-state index >= 15 is 0 Å². The molecule has 6 aromatic heterocycles. The van der Waals surface area contributed by atoms with Crippen LogP contribution < -0.4 is 0 Å². The molecule has 0 saturated heterocycles. The van der Waals surface area contributed by atoms with E-state index in [-0.39, 0.29) is 0 Å². The molecule has 0 saturated carbocycles. The second kappa shape index (κ2) is 35.0. The summed E-state index contributed by atoms with van der Waals surface area (Å²) >= 11 is 0. The molecule has 6 heterocycles. The van der Waals surface area contributed by atoms with Crippen molar-refractivity contribution < 1.29 is 0 Å².